The number of hydrogen-bond donors (Lipinski definition) is 1. The topological polar surface area (TPSA) is 15.3 Å². The van der Waals surface area contributed by atoms with Gasteiger partial charge in [-0.2, -0.15) is 11.8 Å². The Labute approximate surface area is 104 Å². The molecule has 0 amide bonds. The van der Waals surface area contributed by atoms with Crippen LogP contribution in [0.3, 0.4) is 0 Å². The van der Waals surface area contributed by atoms with Crippen LogP contribution in [0.5, 0.6) is 0 Å². The van der Waals surface area contributed by atoms with Gasteiger partial charge in [-0.25, -0.2) is 0 Å². The molecule has 2 fully saturated rings. The zero-order valence-electron chi connectivity index (χ0n) is 9.58. The fraction of sp³-hybridized carbons (Fsp3) is 1.00. The van der Waals surface area contributed by atoms with Gasteiger partial charge in [-0.1, -0.05) is 0 Å². The molecule has 15 heavy (non-hydrogen) atoms. The fourth-order valence-corrected chi connectivity index (χ4v) is 3.93. The average Bonchev–Trinajstić information content (AvgIpc) is 2.80. The molecule has 4 heteroatoms. The Morgan fingerprint density at radius 1 is 1.40 bits per heavy atom. The van der Waals surface area contributed by atoms with E-state index in [1.807, 2.05) is 0 Å². The van der Waals surface area contributed by atoms with Crippen molar-refractivity contribution in [2.24, 2.45) is 5.92 Å². The number of nitrogens with one attached hydrogen (secondary N) is 1. The monoisotopic (exact) mass is 250 g/mol. The van der Waals surface area contributed by atoms with E-state index in [4.69, 9.17) is 0 Å². The van der Waals surface area contributed by atoms with Crippen LogP contribution in [0.4, 0.5) is 0 Å². The number of likely N-dealkylation sites (N-methyl/N-ethyl adjacent to an activating group) is 1. The van der Waals surface area contributed by atoms with E-state index >= 15 is 0 Å². The summed E-state index contributed by atoms with van der Waals surface area (Å²) in [6.45, 7) is 3.88. The molecule has 0 bridgehead atoms. The first kappa shape index (κ1) is 13.6. The molecule has 0 aromatic carbocycles. The second-order valence-electron chi connectivity index (χ2n) is 4.58. The summed E-state index contributed by atoms with van der Waals surface area (Å²) in [7, 11) is 2.07. The van der Waals surface area contributed by atoms with Gasteiger partial charge in [0, 0.05) is 19.1 Å². The van der Waals surface area contributed by atoms with Crippen molar-refractivity contribution in [3.8, 4) is 0 Å². The molecule has 0 aliphatic carbocycles. The lowest BCUT2D eigenvalue weighted by atomic mass is 10.1. The van der Waals surface area contributed by atoms with Crippen LogP contribution in [0.1, 0.15) is 19.3 Å². The van der Waals surface area contributed by atoms with Gasteiger partial charge in [0.1, 0.15) is 0 Å². The third-order valence-electron chi connectivity index (χ3n) is 3.46. The largest absolute Gasteiger partial charge is 0.318 e. The molecule has 0 aromatic heterocycles. The molecule has 0 spiro atoms. The Balaban J connectivity index is 0.00000112. The maximum Gasteiger partial charge on any atom is 0.0221 e. The highest BCUT2D eigenvalue weighted by Gasteiger charge is 2.27. The van der Waals surface area contributed by atoms with Crippen molar-refractivity contribution in [1.82, 2.24) is 10.2 Å². The summed E-state index contributed by atoms with van der Waals surface area (Å²) in [5.41, 5.74) is 0. The third kappa shape index (κ3) is 3.81. The summed E-state index contributed by atoms with van der Waals surface area (Å²) in [6.07, 6.45) is 4.26. The van der Waals surface area contributed by atoms with Crippen molar-refractivity contribution in [1.29, 1.82) is 0 Å². The van der Waals surface area contributed by atoms with Crippen molar-refractivity contribution >= 4 is 24.2 Å². The van der Waals surface area contributed by atoms with Crippen LogP contribution in [0.25, 0.3) is 0 Å². The van der Waals surface area contributed by atoms with Gasteiger partial charge in [-0.15, -0.1) is 12.4 Å². The molecule has 2 aliphatic rings. The van der Waals surface area contributed by atoms with Crippen molar-refractivity contribution in [3.05, 3.63) is 0 Å². The maximum atomic E-state index is 3.32. The van der Waals surface area contributed by atoms with Crippen LogP contribution in [0.2, 0.25) is 0 Å². The van der Waals surface area contributed by atoms with Crippen LogP contribution < -0.4 is 5.32 Å². The molecule has 90 valence electrons. The van der Waals surface area contributed by atoms with Gasteiger partial charge in [0.25, 0.3) is 0 Å². The summed E-state index contributed by atoms with van der Waals surface area (Å²) in [5.74, 6) is 3.79. The predicted molar refractivity (Wildman–Crippen MR) is 71.2 cm³/mol. The first-order chi connectivity index (χ1) is 6.90. The first-order valence-electron chi connectivity index (χ1n) is 5.86. The molecule has 1 N–H and O–H groups in total. The van der Waals surface area contributed by atoms with Gasteiger partial charge in [0.15, 0.2) is 0 Å². The molecular weight excluding hydrogens is 228 g/mol. The quantitative estimate of drug-likeness (QED) is 0.820. The van der Waals surface area contributed by atoms with Crippen LogP contribution in [0, 0.1) is 5.92 Å². The highest BCUT2D eigenvalue weighted by atomic mass is 35.5. The summed E-state index contributed by atoms with van der Waals surface area (Å²) < 4.78 is 0. The van der Waals surface area contributed by atoms with Gasteiger partial charge in [0.2, 0.25) is 0 Å². The fourth-order valence-electron chi connectivity index (χ4n) is 2.66. The molecule has 2 atom stereocenters. The minimum absolute atomic E-state index is 0. The molecule has 2 rings (SSSR count). The van der Waals surface area contributed by atoms with Crippen molar-refractivity contribution in [2.45, 2.75) is 25.3 Å². The van der Waals surface area contributed by atoms with Crippen molar-refractivity contribution in [2.75, 3.05) is 38.2 Å². The third-order valence-corrected chi connectivity index (χ3v) is 4.69. The maximum absolute atomic E-state index is 3.32. The van der Waals surface area contributed by atoms with Gasteiger partial charge >= 0.3 is 0 Å². The Bertz CT molecular complexity index is 174. The molecule has 0 radical (unpaired) electrons. The molecule has 2 nitrogen and oxygen atoms in total. The van der Waals surface area contributed by atoms with E-state index in [9.17, 15) is 0 Å². The number of thioether (sulfide) groups is 1. The van der Waals surface area contributed by atoms with Crippen LogP contribution in [0.15, 0.2) is 0 Å². The number of rotatable bonds is 4. The predicted octanol–water partition coefficient (Wildman–Crippen LogP) is 1.85. The Hall–Kier alpha value is 0.560. The van der Waals surface area contributed by atoms with Crippen LogP contribution >= 0.6 is 24.2 Å². The van der Waals surface area contributed by atoms with E-state index in [0.29, 0.717) is 0 Å². The van der Waals surface area contributed by atoms with Crippen molar-refractivity contribution in [3.63, 3.8) is 0 Å². The standard InChI is InChI=1S/C11H22N2S.ClH/c1-12-7-11-3-2-5-13(11)8-10-4-6-14-9-10;/h10-12H,2-9H2,1H3;1H. The molecule has 0 saturated carbocycles. The lowest BCUT2D eigenvalue weighted by Crippen LogP contribution is -2.39. The Morgan fingerprint density at radius 2 is 2.27 bits per heavy atom. The molecular formula is C11H23ClN2S. The first-order valence-corrected chi connectivity index (χ1v) is 7.02. The summed E-state index contributed by atoms with van der Waals surface area (Å²) in [5, 5.41) is 3.32. The smallest absolute Gasteiger partial charge is 0.0221 e. The molecule has 2 unspecified atom stereocenters. The summed E-state index contributed by atoms with van der Waals surface area (Å²) in [4.78, 5) is 2.72. The molecule has 2 saturated heterocycles. The summed E-state index contributed by atoms with van der Waals surface area (Å²) >= 11 is 2.14. The van der Waals surface area contributed by atoms with Crippen LogP contribution in [-0.2, 0) is 0 Å². The van der Waals surface area contributed by atoms with E-state index in [0.717, 1.165) is 12.0 Å². The second-order valence-corrected chi connectivity index (χ2v) is 5.73. The van der Waals surface area contributed by atoms with E-state index in [1.165, 1.54) is 50.4 Å². The normalized spacial score (nSPS) is 31.8. The summed E-state index contributed by atoms with van der Waals surface area (Å²) in [6, 6.07) is 0.825. The molecule has 0 aromatic rings. The molecule has 2 heterocycles. The highest BCUT2D eigenvalue weighted by molar-refractivity contribution is 7.99. The number of nitrogens with zero attached hydrogens (tertiary/aromatic N) is 1. The number of hydrogen-bond acceptors (Lipinski definition) is 3. The van der Waals surface area contributed by atoms with Crippen molar-refractivity contribution < 1.29 is 0 Å². The van der Waals surface area contributed by atoms with Crippen LogP contribution in [-0.4, -0.2) is 49.1 Å². The van der Waals surface area contributed by atoms with E-state index in [1.54, 1.807) is 0 Å². The van der Waals surface area contributed by atoms with E-state index in [-0.39, 0.29) is 12.4 Å². The zero-order valence-corrected chi connectivity index (χ0v) is 11.2. The second kappa shape index (κ2) is 7.00. The van der Waals surface area contributed by atoms with Gasteiger partial charge < -0.3 is 5.32 Å². The van der Waals surface area contributed by atoms with Gasteiger partial charge in [-0.3, -0.25) is 4.90 Å². The molecule has 2 aliphatic heterocycles. The lowest BCUT2D eigenvalue weighted by molar-refractivity contribution is 0.220. The Morgan fingerprint density at radius 3 is 2.93 bits per heavy atom. The van der Waals surface area contributed by atoms with Gasteiger partial charge in [-0.05, 0) is 50.3 Å². The number of halogens is 1. The average molecular weight is 251 g/mol. The zero-order chi connectivity index (χ0) is 9.80. The Kier molecular flexibility index (Phi) is 6.36. The van der Waals surface area contributed by atoms with Gasteiger partial charge in [0.05, 0.1) is 0 Å². The highest BCUT2D eigenvalue weighted by Crippen LogP contribution is 2.27. The number of likely N-dealkylation sites (tertiary alicyclic amines) is 1. The van der Waals surface area contributed by atoms with E-state index < -0.39 is 0 Å². The minimum Gasteiger partial charge on any atom is -0.318 e. The lowest BCUT2D eigenvalue weighted by Gasteiger charge is -2.26. The minimum atomic E-state index is 0. The SMILES string of the molecule is CNCC1CCCN1CC1CCSC1.Cl. The van der Waals surface area contributed by atoms with E-state index in [2.05, 4.69) is 29.0 Å².